The van der Waals surface area contributed by atoms with E-state index >= 15 is 0 Å². The van der Waals surface area contributed by atoms with Crippen molar-refractivity contribution >= 4 is 23.7 Å². The average molecular weight is 660 g/mol. The van der Waals surface area contributed by atoms with Gasteiger partial charge < -0.3 is 30.1 Å². The number of nitrogens with one attached hydrogen (secondary N) is 2. The van der Waals surface area contributed by atoms with Crippen molar-refractivity contribution in [1.29, 1.82) is 0 Å². The van der Waals surface area contributed by atoms with Crippen LogP contribution in [-0.2, 0) is 38.8 Å². The average Bonchev–Trinajstić information content (AvgIpc) is 3.53. The fourth-order valence-electron chi connectivity index (χ4n) is 6.52. The number of ether oxygens (including phenoxy) is 2. The van der Waals surface area contributed by atoms with Crippen LogP contribution >= 0.6 is 0 Å². The van der Waals surface area contributed by atoms with Crippen LogP contribution in [0.25, 0.3) is 0 Å². The van der Waals surface area contributed by atoms with Crippen LogP contribution in [0.3, 0.4) is 0 Å². The van der Waals surface area contributed by atoms with Gasteiger partial charge in [0.25, 0.3) is 11.8 Å². The molecule has 0 aliphatic heterocycles. The number of aromatic nitrogens is 2. The van der Waals surface area contributed by atoms with Gasteiger partial charge >= 0.3 is 5.97 Å². The molecule has 2 saturated carbocycles. The molecule has 4 atom stereocenters. The first-order chi connectivity index (χ1) is 23.3. The molecule has 0 unspecified atom stereocenters. The molecule has 256 valence electrons. The lowest BCUT2D eigenvalue weighted by Gasteiger charge is -2.37. The molecule has 5 rings (SSSR count). The molecule has 48 heavy (non-hydrogen) atoms. The zero-order chi connectivity index (χ0) is 33.9. The summed E-state index contributed by atoms with van der Waals surface area (Å²) in [4.78, 5) is 53.0. The molecule has 2 aliphatic rings. The topological polar surface area (TPSA) is 152 Å². The molecule has 12 nitrogen and oxygen atoms in total. The van der Waals surface area contributed by atoms with Gasteiger partial charge in [0.2, 0.25) is 5.91 Å². The van der Waals surface area contributed by atoms with Crippen LogP contribution in [0.2, 0.25) is 0 Å². The van der Waals surface area contributed by atoms with Crippen LogP contribution in [0.5, 0.6) is 0 Å². The van der Waals surface area contributed by atoms with Gasteiger partial charge in [-0.25, -0.2) is 4.68 Å². The maximum Gasteiger partial charge on any atom is 0.322 e. The number of carboxylic acids is 1. The number of carbonyl (C=O) groups is 4. The maximum absolute atomic E-state index is 14.1. The summed E-state index contributed by atoms with van der Waals surface area (Å²) in [6.45, 7) is -0.0487. The van der Waals surface area contributed by atoms with E-state index in [9.17, 15) is 19.2 Å². The summed E-state index contributed by atoms with van der Waals surface area (Å²) in [5, 5.41) is 18.7. The van der Waals surface area contributed by atoms with Crippen LogP contribution in [0.15, 0.2) is 66.7 Å². The lowest BCUT2D eigenvalue weighted by molar-refractivity contribution is -0.135. The second-order valence-electron chi connectivity index (χ2n) is 12.5. The first-order valence-electron chi connectivity index (χ1n) is 16.7. The van der Waals surface area contributed by atoms with Gasteiger partial charge in [-0.05, 0) is 36.8 Å². The molecule has 3 aromatic rings. The van der Waals surface area contributed by atoms with Gasteiger partial charge in [-0.2, -0.15) is 5.10 Å². The number of nitrogens with zero attached hydrogens (tertiary/aromatic N) is 3. The Bertz CT molecular complexity index is 1530. The first-order valence-corrected chi connectivity index (χ1v) is 16.7. The third kappa shape index (κ3) is 9.51. The standard InChI is InChI=1S/C36H45N5O7/c1-40(29-17-9-11-19-32(29)48-24-26-14-6-3-7-15-26)36(46)30-20-28(35(45)37-21-34(43)44)39-41(30)22-33(42)38-27-16-8-10-18-31(27)47-23-25-12-4-2-5-13-25/h2-7,12-15,20,27,29,31-32H,8-11,16-19,21-24H2,1H3,(H,37,45)(H,38,42)(H,43,44)/t27-,29-,31-,32-/m0/s1. The number of hydrogen-bond acceptors (Lipinski definition) is 7. The molecule has 2 aromatic carbocycles. The molecule has 1 heterocycles. The summed E-state index contributed by atoms with van der Waals surface area (Å²) >= 11 is 0. The molecule has 0 radical (unpaired) electrons. The molecular weight excluding hydrogens is 614 g/mol. The highest BCUT2D eigenvalue weighted by Gasteiger charge is 2.34. The number of carbonyl (C=O) groups excluding carboxylic acids is 3. The quantitative estimate of drug-likeness (QED) is 0.235. The maximum atomic E-state index is 14.1. The second-order valence-corrected chi connectivity index (χ2v) is 12.5. The molecule has 2 fully saturated rings. The van der Waals surface area contributed by atoms with Gasteiger partial charge in [-0.1, -0.05) is 86.3 Å². The van der Waals surface area contributed by atoms with Gasteiger partial charge in [0.05, 0.1) is 37.5 Å². The van der Waals surface area contributed by atoms with Crippen molar-refractivity contribution in [3.8, 4) is 0 Å². The number of carboxylic acid groups (broad SMARTS) is 1. The first kappa shape index (κ1) is 34.8. The number of aliphatic carboxylic acids is 1. The molecule has 0 spiro atoms. The summed E-state index contributed by atoms with van der Waals surface area (Å²) in [7, 11) is 1.70. The minimum atomic E-state index is -1.21. The Balaban J connectivity index is 1.30. The number of likely N-dealkylation sites (N-methyl/N-ethyl adjacent to an activating group) is 1. The van der Waals surface area contributed by atoms with Crippen molar-refractivity contribution in [3.63, 3.8) is 0 Å². The highest BCUT2D eigenvalue weighted by atomic mass is 16.5. The molecule has 3 N–H and O–H groups in total. The molecule has 0 bridgehead atoms. The Morgan fingerprint density at radius 3 is 2.08 bits per heavy atom. The Morgan fingerprint density at radius 1 is 0.854 bits per heavy atom. The summed E-state index contributed by atoms with van der Waals surface area (Å²) in [6, 6.07) is 20.6. The van der Waals surface area contributed by atoms with E-state index in [1.807, 2.05) is 60.7 Å². The zero-order valence-corrected chi connectivity index (χ0v) is 27.4. The van der Waals surface area contributed by atoms with Crippen molar-refractivity contribution in [2.75, 3.05) is 13.6 Å². The van der Waals surface area contributed by atoms with E-state index < -0.39 is 24.3 Å². The summed E-state index contributed by atoms with van der Waals surface area (Å²) in [5.41, 5.74) is 2.00. The van der Waals surface area contributed by atoms with Crippen LogP contribution in [0.4, 0.5) is 0 Å². The molecule has 1 aromatic heterocycles. The van der Waals surface area contributed by atoms with E-state index in [1.165, 1.54) is 10.7 Å². The lowest BCUT2D eigenvalue weighted by Crippen LogP contribution is -2.48. The highest BCUT2D eigenvalue weighted by Crippen LogP contribution is 2.27. The summed E-state index contributed by atoms with van der Waals surface area (Å²) < 4.78 is 13.8. The van der Waals surface area contributed by atoms with E-state index in [0.717, 1.165) is 62.5 Å². The van der Waals surface area contributed by atoms with E-state index in [1.54, 1.807) is 11.9 Å². The van der Waals surface area contributed by atoms with E-state index in [4.69, 9.17) is 14.6 Å². The van der Waals surface area contributed by atoms with E-state index in [-0.39, 0.29) is 48.1 Å². The SMILES string of the molecule is CN(C(=O)c1cc(C(=O)NCC(=O)O)nn1CC(=O)N[C@H]1CCCC[C@@H]1OCc1ccccc1)[C@H]1CCCC[C@@H]1OCc1ccccc1. The van der Waals surface area contributed by atoms with Crippen molar-refractivity contribution in [1.82, 2.24) is 25.3 Å². The Labute approximate surface area is 280 Å². The predicted octanol–water partition coefficient (Wildman–Crippen LogP) is 3.94. The van der Waals surface area contributed by atoms with Gasteiger partial charge in [0.1, 0.15) is 18.8 Å². The number of benzene rings is 2. The minimum Gasteiger partial charge on any atom is -0.480 e. The summed E-state index contributed by atoms with van der Waals surface area (Å²) in [5.74, 6) is -2.74. The van der Waals surface area contributed by atoms with Crippen molar-refractivity contribution in [2.45, 2.75) is 95.4 Å². The Hall–Kier alpha value is -4.55. The molecule has 2 aliphatic carbocycles. The third-order valence-corrected chi connectivity index (χ3v) is 9.07. The second kappa shape index (κ2) is 17.0. The molecule has 3 amide bonds. The Morgan fingerprint density at radius 2 is 1.44 bits per heavy atom. The van der Waals surface area contributed by atoms with Crippen molar-refractivity contribution < 1.29 is 33.8 Å². The normalized spacial score (nSPS) is 20.9. The van der Waals surface area contributed by atoms with Crippen molar-refractivity contribution in [2.24, 2.45) is 0 Å². The van der Waals surface area contributed by atoms with Gasteiger partial charge in [-0.3, -0.25) is 19.2 Å². The largest absolute Gasteiger partial charge is 0.480 e. The van der Waals surface area contributed by atoms with Gasteiger partial charge in [0, 0.05) is 13.1 Å². The van der Waals surface area contributed by atoms with Gasteiger partial charge in [0.15, 0.2) is 5.69 Å². The fraction of sp³-hybridized carbons (Fsp3) is 0.472. The van der Waals surface area contributed by atoms with Crippen LogP contribution < -0.4 is 10.6 Å². The van der Waals surface area contributed by atoms with E-state index in [2.05, 4.69) is 15.7 Å². The Kier molecular flexibility index (Phi) is 12.3. The van der Waals surface area contributed by atoms with Crippen LogP contribution in [-0.4, -0.2) is 81.4 Å². The van der Waals surface area contributed by atoms with Crippen LogP contribution in [0, 0.1) is 0 Å². The minimum absolute atomic E-state index is 0.0565. The number of hydrogen-bond donors (Lipinski definition) is 3. The third-order valence-electron chi connectivity index (χ3n) is 9.07. The van der Waals surface area contributed by atoms with Crippen LogP contribution in [0.1, 0.15) is 83.5 Å². The lowest BCUT2D eigenvalue weighted by atomic mass is 9.91. The fourth-order valence-corrected chi connectivity index (χ4v) is 6.52. The number of rotatable bonds is 14. The molecule has 12 heteroatoms. The monoisotopic (exact) mass is 659 g/mol. The smallest absolute Gasteiger partial charge is 0.322 e. The highest BCUT2D eigenvalue weighted by molar-refractivity contribution is 5.99. The van der Waals surface area contributed by atoms with Gasteiger partial charge in [-0.15, -0.1) is 0 Å². The molecular formula is C36H45N5O7. The molecule has 0 saturated heterocycles. The summed E-state index contributed by atoms with van der Waals surface area (Å²) in [6.07, 6.45) is 6.65. The van der Waals surface area contributed by atoms with Crippen molar-refractivity contribution in [3.05, 3.63) is 89.2 Å². The zero-order valence-electron chi connectivity index (χ0n) is 27.4. The number of amides is 3. The van der Waals surface area contributed by atoms with E-state index in [0.29, 0.717) is 13.2 Å². The predicted molar refractivity (Wildman–Crippen MR) is 177 cm³/mol.